The molecule has 2 N–H and O–H groups in total. The highest BCUT2D eigenvalue weighted by atomic mass is 16.5. The number of allylic oxidation sites excluding steroid dienone is 2. The molecule has 0 radical (unpaired) electrons. The number of carbonyl (C=O) groups excluding carboxylic acids is 1. The lowest BCUT2D eigenvalue weighted by molar-refractivity contribution is -0.114. The fourth-order valence-electron chi connectivity index (χ4n) is 3.55. The van der Waals surface area contributed by atoms with E-state index in [1.165, 1.54) is 13.5 Å². The van der Waals surface area contributed by atoms with Crippen LogP contribution in [-0.4, -0.2) is 30.2 Å². The van der Waals surface area contributed by atoms with Gasteiger partial charge in [0.25, 0.3) is 0 Å². The number of unbranched alkanes of at least 4 members (excludes halogenated alkanes) is 2. The van der Waals surface area contributed by atoms with Gasteiger partial charge in [-0.3, -0.25) is 4.79 Å². The van der Waals surface area contributed by atoms with Crippen LogP contribution >= 0.6 is 0 Å². The predicted molar refractivity (Wildman–Crippen MR) is 123 cm³/mol. The van der Waals surface area contributed by atoms with Crippen LogP contribution in [0.4, 0.5) is 0 Å². The van der Waals surface area contributed by atoms with Crippen molar-refractivity contribution in [3.05, 3.63) is 59.7 Å². The van der Waals surface area contributed by atoms with Crippen molar-refractivity contribution in [1.82, 2.24) is 0 Å². The van der Waals surface area contributed by atoms with Gasteiger partial charge in [0.15, 0.2) is 28.8 Å². The summed E-state index contributed by atoms with van der Waals surface area (Å²) in [6, 6.07) is 10.6. The number of ketones is 1. The molecule has 0 heterocycles. The molecule has 2 aromatic carbocycles. The predicted octanol–water partition coefficient (Wildman–Crippen LogP) is 5.61. The monoisotopic (exact) mass is 426 g/mol. The van der Waals surface area contributed by atoms with Crippen molar-refractivity contribution in [3.8, 4) is 23.0 Å². The average Bonchev–Trinajstić information content (AvgIpc) is 2.78. The molecule has 0 saturated carbocycles. The minimum atomic E-state index is 0.0795. The maximum Gasteiger partial charge on any atom is 0.160 e. The normalized spacial score (nSPS) is 12.1. The van der Waals surface area contributed by atoms with E-state index in [9.17, 15) is 15.0 Å². The fraction of sp³-hybridized carbons (Fsp3) is 0.423. The van der Waals surface area contributed by atoms with E-state index in [4.69, 9.17) is 9.47 Å². The quantitative estimate of drug-likeness (QED) is 0.321. The molecule has 0 fully saturated rings. The lowest BCUT2D eigenvalue weighted by Crippen LogP contribution is -2.04. The molecular weight excluding hydrogens is 392 g/mol. The molecule has 2 aromatic rings. The fourth-order valence-corrected chi connectivity index (χ4v) is 3.55. The van der Waals surface area contributed by atoms with Crippen LogP contribution in [0.15, 0.2) is 48.6 Å². The SMILES string of the molecule is CCCCC[C@H](/C=C/C(=O)CCc1ccc(O)c(OC)c1)Cc1ccc(O)c(OC)c1. The highest BCUT2D eigenvalue weighted by Gasteiger charge is 2.11. The second kappa shape index (κ2) is 12.7. The molecule has 0 spiro atoms. The number of carbonyl (C=O) groups is 1. The number of rotatable bonds is 13. The van der Waals surface area contributed by atoms with Gasteiger partial charge in [0.1, 0.15) is 0 Å². The molecule has 5 nitrogen and oxygen atoms in total. The largest absolute Gasteiger partial charge is 0.504 e. The van der Waals surface area contributed by atoms with Crippen molar-refractivity contribution in [1.29, 1.82) is 0 Å². The molecule has 0 aliphatic carbocycles. The van der Waals surface area contributed by atoms with Crippen molar-refractivity contribution in [2.75, 3.05) is 14.2 Å². The van der Waals surface area contributed by atoms with E-state index < -0.39 is 0 Å². The highest BCUT2D eigenvalue weighted by molar-refractivity contribution is 5.89. The van der Waals surface area contributed by atoms with Crippen LogP contribution in [-0.2, 0) is 17.6 Å². The molecule has 168 valence electrons. The summed E-state index contributed by atoms with van der Waals surface area (Å²) in [5.41, 5.74) is 2.02. The first-order chi connectivity index (χ1) is 15.0. The minimum absolute atomic E-state index is 0.0795. The Kier molecular flexibility index (Phi) is 9.95. The maximum absolute atomic E-state index is 12.4. The summed E-state index contributed by atoms with van der Waals surface area (Å²) < 4.78 is 10.3. The Balaban J connectivity index is 1.99. The first-order valence-electron chi connectivity index (χ1n) is 10.9. The van der Waals surface area contributed by atoms with Gasteiger partial charge < -0.3 is 19.7 Å². The Morgan fingerprint density at radius 3 is 2.19 bits per heavy atom. The number of aromatic hydroxyl groups is 2. The average molecular weight is 427 g/mol. The Morgan fingerprint density at radius 1 is 0.968 bits per heavy atom. The van der Waals surface area contributed by atoms with Crippen LogP contribution in [0.25, 0.3) is 0 Å². The number of ether oxygens (including phenoxy) is 2. The Bertz CT molecular complexity index is 872. The summed E-state index contributed by atoms with van der Waals surface area (Å²) in [7, 11) is 3.05. The zero-order chi connectivity index (χ0) is 22.6. The van der Waals surface area contributed by atoms with E-state index in [1.54, 1.807) is 37.5 Å². The van der Waals surface area contributed by atoms with Crippen molar-refractivity contribution in [2.24, 2.45) is 5.92 Å². The van der Waals surface area contributed by atoms with Gasteiger partial charge in [0.05, 0.1) is 14.2 Å². The third-order valence-electron chi connectivity index (χ3n) is 5.38. The van der Waals surface area contributed by atoms with Crippen LogP contribution < -0.4 is 9.47 Å². The molecule has 0 aliphatic rings. The van der Waals surface area contributed by atoms with Crippen molar-refractivity contribution < 1.29 is 24.5 Å². The molecule has 0 amide bonds. The van der Waals surface area contributed by atoms with Gasteiger partial charge in [-0.25, -0.2) is 0 Å². The molecule has 5 heteroatoms. The molecule has 0 unspecified atom stereocenters. The molecule has 31 heavy (non-hydrogen) atoms. The van der Waals surface area contributed by atoms with Crippen molar-refractivity contribution >= 4 is 5.78 Å². The van der Waals surface area contributed by atoms with Gasteiger partial charge in [-0.15, -0.1) is 0 Å². The second-order valence-corrected chi connectivity index (χ2v) is 7.80. The molecule has 0 bridgehead atoms. The summed E-state index contributed by atoms with van der Waals surface area (Å²) >= 11 is 0. The van der Waals surface area contributed by atoms with Gasteiger partial charge >= 0.3 is 0 Å². The van der Waals surface area contributed by atoms with Gasteiger partial charge in [0.2, 0.25) is 0 Å². The number of phenolic OH excluding ortho intramolecular Hbond substituents is 2. The van der Waals surface area contributed by atoms with Crippen LogP contribution in [0.1, 0.15) is 50.2 Å². The highest BCUT2D eigenvalue weighted by Crippen LogP contribution is 2.29. The number of methoxy groups -OCH3 is 2. The summed E-state index contributed by atoms with van der Waals surface area (Å²) in [6.45, 7) is 2.18. The van der Waals surface area contributed by atoms with Crippen molar-refractivity contribution in [2.45, 2.75) is 51.9 Å². The topological polar surface area (TPSA) is 76.0 Å². The third-order valence-corrected chi connectivity index (χ3v) is 5.38. The minimum Gasteiger partial charge on any atom is -0.504 e. The smallest absolute Gasteiger partial charge is 0.160 e. The lowest BCUT2D eigenvalue weighted by Gasteiger charge is -2.14. The number of aryl methyl sites for hydroxylation is 1. The van der Waals surface area contributed by atoms with E-state index in [0.29, 0.717) is 24.3 Å². The van der Waals surface area contributed by atoms with Gasteiger partial charge in [0, 0.05) is 6.42 Å². The zero-order valence-electron chi connectivity index (χ0n) is 18.8. The van der Waals surface area contributed by atoms with Crippen molar-refractivity contribution in [3.63, 3.8) is 0 Å². The Hall–Kier alpha value is -2.95. The first-order valence-corrected chi connectivity index (χ1v) is 10.9. The molecule has 1 atom stereocenters. The van der Waals surface area contributed by atoms with Crippen LogP contribution in [0.5, 0.6) is 23.0 Å². The summed E-state index contributed by atoms with van der Waals surface area (Å²) in [5, 5.41) is 19.5. The Morgan fingerprint density at radius 2 is 1.58 bits per heavy atom. The van der Waals surface area contributed by atoms with Crippen LogP contribution in [0.3, 0.4) is 0 Å². The molecule has 0 saturated heterocycles. The van der Waals surface area contributed by atoms with Crippen LogP contribution in [0, 0.1) is 5.92 Å². The maximum atomic E-state index is 12.4. The van der Waals surface area contributed by atoms with E-state index >= 15 is 0 Å². The number of benzene rings is 2. The zero-order valence-corrected chi connectivity index (χ0v) is 18.8. The van der Waals surface area contributed by atoms with E-state index in [0.717, 1.165) is 36.8 Å². The summed E-state index contributed by atoms with van der Waals surface area (Å²) in [4.78, 5) is 12.4. The molecule has 2 rings (SSSR count). The van der Waals surface area contributed by atoms with Gasteiger partial charge in [-0.1, -0.05) is 44.4 Å². The molecule has 0 aromatic heterocycles. The molecular formula is C26H34O5. The van der Waals surface area contributed by atoms with E-state index in [1.807, 2.05) is 18.2 Å². The third kappa shape index (κ3) is 8.00. The first kappa shape index (κ1) is 24.3. The van der Waals surface area contributed by atoms with Gasteiger partial charge in [-0.2, -0.15) is 0 Å². The molecule has 0 aliphatic heterocycles. The lowest BCUT2D eigenvalue weighted by atomic mass is 9.92. The number of hydrogen-bond acceptors (Lipinski definition) is 5. The Labute approximate surface area is 185 Å². The van der Waals surface area contributed by atoms with E-state index in [-0.39, 0.29) is 23.2 Å². The standard InChI is InChI=1S/C26H34O5/c1-4-5-6-7-19(16-21-11-15-24(29)26(18-21)31-3)8-12-22(27)13-9-20-10-14-23(28)25(17-20)30-2/h8,10-12,14-15,17-19,28-29H,4-7,9,13,16H2,1-3H3/b12-8+/t19-/m1/s1. The summed E-state index contributed by atoms with van der Waals surface area (Å²) in [5.74, 6) is 1.44. The summed E-state index contributed by atoms with van der Waals surface area (Å²) in [6.07, 6.45) is 9.95. The number of hydrogen-bond donors (Lipinski definition) is 2. The van der Waals surface area contributed by atoms with E-state index in [2.05, 4.69) is 6.92 Å². The number of phenols is 2. The van der Waals surface area contributed by atoms with Crippen LogP contribution in [0.2, 0.25) is 0 Å². The second-order valence-electron chi connectivity index (χ2n) is 7.80. The van der Waals surface area contributed by atoms with Gasteiger partial charge in [-0.05, 0) is 66.6 Å².